The van der Waals surface area contributed by atoms with E-state index in [2.05, 4.69) is 74.3 Å². The smallest absolute Gasteiger partial charge is 0.462 e. The molecule has 1 N–H and O–H groups in total. The molecule has 0 aliphatic heterocycles. The topological polar surface area (TPSA) is 108 Å². The lowest BCUT2D eigenvalue weighted by Crippen LogP contribution is -2.37. The fraction of sp³-hybridized carbons (Fsp3) is 0.660. The molecule has 10 heteroatoms. The number of likely N-dealkylation sites (N-methyl/N-ethyl adjacent to an activating group) is 1. The van der Waals surface area contributed by atoms with Crippen molar-refractivity contribution >= 4 is 19.8 Å². The van der Waals surface area contributed by atoms with Crippen molar-refractivity contribution in [2.24, 2.45) is 0 Å². The largest absolute Gasteiger partial charge is 0.472 e. The number of rotatable bonds is 39. The summed E-state index contributed by atoms with van der Waals surface area (Å²) in [5, 5.41) is 0. The molecule has 9 nitrogen and oxygen atoms in total. The third kappa shape index (κ3) is 42.6. The molecule has 0 aromatic carbocycles. The fourth-order valence-electron chi connectivity index (χ4n) is 5.42. The number of carbonyl (C=O) groups is 2. The maximum atomic E-state index is 12.7. The highest BCUT2D eigenvalue weighted by atomic mass is 31.2. The summed E-state index contributed by atoms with van der Waals surface area (Å²) in [5.74, 6) is -0.904. The minimum atomic E-state index is -4.40. The van der Waals surface area contributed by atoms with Gasteiger partial charge in [-0.1, -0.05) is 163 Å². The van der Waals surface area contributed by atoms with Crippen LogP contribution in [-0.2, 0) is 32.7 Å². The monoisotopic (exact) mass is 819 g/mol. The Hall–Kier alpha value is -2.81. The van der Waals surface area contributed by atoms with Gasteiger partial charge in [-0.3, -0.25) is 18.6 Å². The molecule has 0 aliphatic rings. The van der Waals surface area contributed by atoms with E-state index in [1.165, 1.54) is 64.2 Å². The number of nitrogens with zero attached hydrogens (tertiary/aromatic N) is 1. The molecule has 0 fully saturated rings. The summed E-state index contributed by atoms with van der Waals surface area (Å²) in [6, 6.07) is 0. The summed E-state index contributed by atoms with van der Waals surface area (Å²) in [5.41, 5.74) is 0. The highest BCUT2D eigenvalue weighted by molar-refractivity contribution is 7.47. The number of allylic oxidation sites excluding steroid dienone is 13. The maximum Gasteiger partial charge on any atom is 0.472 e. The molecule has 0 aromatic heterocycles. The second-order valence-corrected chi connectivity index (χ2v) is 16.9. The Morgan fingerprint density at radius 2 is 1.04 bits per heavy atom. The van der Waals surface area contributed by atoms with Gasteiger partial charge in [0.2, 0.25) is 0 Å². The van der Waals surface area contributed by atoms with Gasteiger partial charge in [0.15, 0.2) is 6.10 Å². The van der Waals surface area contributed by atoms with Crippen molar-refractivity contribution < 1.29 is 42.1 Å². The summed E-state index contributed by atoms with van der Waals surface area (Å²) >= 11 is 0. The molecule has 0 radical (unpaired) electrons. The number of hydrogen-bond acceptors (Lipinski definition) is 7. The van der Waals surface area contributed by atoms with Gasteiger partial charge in [-0.15, -0.1) is 6.58 Å². The molecule has 0 aliphatic carbocycles. The quantitative estimate of drug-likeness (QED) is 0.0215. The molecule has 57 heavy (non-hydrogen) atoms. The Bertz CT molecular complexity index is 1230. The molecule has 326 valence electrons. The molecule has 2 atom stereocenters. The highest BCUT2D eigenvalue weighted by Gasteiger charge is 2.27. The number of ether oxygens (including phenoxy) is 2. The molecule has 0 rings (SSSR count). The van der Waals surface area contributed by atoms with Crippen LogP contribution in [-0.4, -0.2) is 74.9 Å². The van der Waals surface area contributed by atoms with Gasteiger partial charge in [0.05, 0.1) is 27.7 Å². The third-order valence-electron chi connectivity index (χ3n) is 8.83. The van der Waals surface area contributed by atoms with Gasteiger partial charge >= 0.3 is 19.8 Å². The van der Waals surface area contributed by atoms with Crippen LogP contribution in [0, 0.1) is 0 Å². The average Bonchev–Trinajstić information content (AvgIpc) is 3.16. The molecular weight excluding hydrogens is 737 g/mol. The minimum Gasteiger partial charge on any atom is -0.462 e. The summed E-state index contributed by atoms with van der Waals surface area (Å²) in [6.45, 7) is 5.76. The summed E-state index contributed by atoms with van der Waals surface area (Å²) in [4.78, 5) is 35.3. The van der Waals surface area contributed by atoms with Crippen LogP contribution in [0.5, 0.6) is 0 Å². The van der Waals surface area contributed by atoms with E-state index in [4.69, 9.17) is 18.5 Å². The predicted molar refractivity (Wildman–Crippen MR) is 238 cm³/mol. The lowest BCUT2D eigenvalue weighted by molar-refractivity contribution is -0.870. The van der Waals surface area contributed by atoms with E-state index in [0.717, 1.165) is 57.8 Å². The van der Waals surface area contributed by atoms with Crippen LogP contribution in [0.15, 0.2) is 85.6 Å². The molecular formula is C47H81NO8P+. The van der Waals surface area contributed by atoms with Gasteiger partial charge in [0.25, 0.3) is 0 Å². The van der Waals surface area contributed by atoms with E-state index < -0.39 is 32.5 Å². The van der Waals surface area contributed by atoms with E-state index in [-0.39, 0.29) is 26.1 Å². The predicted octanol–water partition coefficient (Wildman–Crippen LogP) is 12.4. The van der Waals surface area contributed by atoms with Gasteiger partial charge in [0.1, 0.15) is 19.8 Å². The highest BCUT2D eigenvalue weighted by Crippen LogP contribution is 2.43. The molecule has 0 bridgehead atoms. The molecule has 2 unspecified atom stereocenters. The fourth-order valence-corrected chi connectivity index (χ4v) is 6.16. The van der Waals surface area contributed by atoms with E-state index in [1.807, 2.05) is 39.4 Å². The zero-order valence-corrected chi connectivity index (χ0v) is 37.3. The first-order valence-corrected chi connectivity index (χ1v) is 23.3. The Kier molecular flexibility index (Phi) is 36.8. The zero-order chi connectivity index (χ0) is 42.1. The van der Waals surface area contributed by atoms with E-state index in [1.54, 1.807) is 0 Å². The van der Waals surface area contributed by atoms with Crippen molar-refractivity contribution in [3.63, 3.8) is 0 Å². The number of unbranched alkanes of at least 4 members (excludes halogenated alkanes) is 12. The summed E-state index contributed by atoms with van der Waals surface area (Å²) < 4.78 is 34.2. The van der Waals surface area contributed by atoms with Crippen LogP contribution in [0.4, 0.5) is 0 Å². The zero-order valence-electron chi connectivity index (χ0n) is 36.4. The summed E-state index contributed by atoms with van der Waals surface area (Å²) in [7, 11) is 1.42. The lowest BCUT2D eigenvalue weighted by Gasteiger charge is -2.24. The number of hydrogen-bond donors (Lipinski definition) is 1. The van der Waals surface area contributed by atoms with Crippen molar-refractivity contribution in [1.82, 2.24) is 0 Å². The molecule has 0 heterocycles. The third-order valence-corrected chi connectivity index (χ3v) is 9.82. The first kappa shape index (κ1) is 54.2. The number of carbonyl (C=O) groups excluding carboxylic acids is 2. The SMILES string of the molecule is C=CC/C=C\C/C=C\C/C=C\C/C=C\C/C=C\C/C=C\CCC(=O)OC(COC(=O)CCCCCCCCCCCCCCC)COP(=O)(O)OCC[N+](C)(C)C. The molecule has 0 aromatic rings. The Morgan fingerprint density at radius 1 is 0.596 bits per heavy atom. The molecule has 0 saturated heterocycles. The first-order valence-electron chi connectivity index (χ1n) is 21.8. The molecule has 0 amide bonds. The van der Waals surface area contributed by atoms with Gasteiger partial charge < -0.3 is 18.9 Å². The van der Waals surface area contributed by atoms with Gasteiger partial charge in [-0.25, -0.2) is 4.57 Å². The number of quaternary nitrogens is 1. The maximum absolute atomic E-state index is 12.7. The van der Waals surface area contributed by atoms with Crippen molar-refractivity contribution in [3.8, 4) is 0 Å². The Balaban J connectivity index is 4.50. The van der Waals surface area contributed by atoms with Crippen LogP contribution >= 0.6 is 7.82 Å². The minimum absolute atomic E-state index is 0.0140. The average molecular weight is 819 g/mol. The van der Waals surface area contributed by atoms with Gasteiger partial charge in [-0.05, 0) is 51.4 Å². The number of phosphoric acid groups is 1. The number of phosphoric ester groups is 1. The Labute approximate surface area is 348 Å². The van der Waals surface area contributed by atoms with Gasteiger partial charge in [-0.2, -0.15) is 0 Å². The van der Waals surface area contributed by atoms with E-state index in [0.29, 0.717) is 17.4 Å². The molecule has 0 spiro atoms. The standard InChI is InChI=1S/C47H80NO8P/c1-6-8-10-12-14-16-18-20-21-22-23-24-25-26-28-30-32-34-36-38-40-47(50)56-45(44-55-57(51,52)54-42-41-48(3,4)5)43-53-46(49)39-37-35-33-31-29-27-19-17-15-13-11-9-7-2/h6,10,12,16,18,21-22,24-25,28,30,34,36,45H,1,7-9,11,13-15,17,19-20,23,26-27,29,31-33,35,37-44H2,2-5H3/p+1/b12-10-,18-16-,22-21-,25-24-,30-28-,36-34-. The van der Waals surface area contributed by atoms with Crippen LogP contribution < -0.4 is 0 Å². The Morgan fingerprint density at radius 3 is 1.49 bits per heavy atom. The lowest BCUT2D eigenvalue weighted by atomic mass is 10.0. The van der Waals surface area contributed by atoms with E-state index in [9.17, 15) is 19.0 Å². The van der Waals surface area contributed by atoms with Crippen molar-refractivity contribution in [2.75, 3.05) is 47.5 Å². The van der Waals surface area contributed by atoms with E-state index >= 15 is 0 Å². The second kappa shape index (κ2) is 38.7. The van der Waals surface area contributed by atoms with Crippen LogP contribution in [0.3, 0.4) is 0 Å². The van der Waals surface area contributed by atoms with Gasteiger partial charge in [0, 0.05) is 12.8 Å². The van der Waals surface area contributed by atoms with Crippen molar-refractivity contribution in [2.45, 2.75) is 154 Å². The number of esters is 2. The van der Waals surface area contributed by atoms with Crippen molar-refractivity contribution in [1.29, 1.82) is 0 Å². The van der Waals surface area contributed by atoms with Crippen LogP contribution in [0.2, 0.25) is 0 Å². The molecule has 0 saturated carbocycles. The first-order chi connectivity index (χ1) is 27.5. The van der Waals surface area contributed by atoms with Crippen LogP contribution in [0.25, 0.3) is 0 Å². The van der Waals surface area contributed by atoms with Crippen LogP contribution in [0.1, 0.15) is 148 Å². The van der Waals surface area contributed by atoms with Crippen molar-refractivity contribution in [3.05, 3.63) is 85.6 Å². The summed E-state index contributed by atoms with van der Waals surface area (Å²) in [6.07, 6.45) is 48.2. The normalized spacial score (nSPS) is 14.2. The second-order valence-electron chi connectivity index (χ2n) is 15.5.